The fourth-order valence-electron chi connectivity index (χ4n) is 3.02. The Bertz CT molecular complexity index is 505. The fraction of sp³-hybridized carbons (Fsp3) is 0.588. The van der Waals surface area contributed by atoms with Crippen molar-refractivity contribution in [2.45, 2.75) is 45.1 Å². The van der Waals surface area contributed by atoms with Crippen molar-refractivity contribution in [3.05, 3.63) is 34.3 Å². The maximum Gasteiger partial charge on any atom is 0.232 e. The van der Waals surface area contributed by atoms with Crippen molar-refractivity contribution in [1.29, 1.82) is 0 Å². The first kappa shape index (κ1) is 16.5. The summed E-state index contributed by atoms with van der Waals surface area (Å²) in [5, 5.41) is 0. The number of amides is 1. The first-order valence-electron chi connectivity index (χ1n) is 7.63. The Balaban J connectivity index is 2.09. The smallest absolute Gasteiger partial charge is 0.232 e. The molecule has 2 N–H and O–H groups in total. The van der Waals surface area contributed by atoms with Crippen LogP contribution in [0.5, 0.6) is 0 Å². The Morgan fingerprint density at radius 3 is 2.52 bits per heavy atom. The van der Waals surface area contributed by atoms with Gasteiger partial charge in [0.25, 0.3) is 0 Å². The van der Waals surface area contributed by atoms with Gasteiger partial charge in [0, 0.05) is 23.6 Å². The van der Waals surface area contributed by atoms with Crippen LogP contribution in [0.25, 0.3) is 0 Å². The van der Waals surface area contributed by atoms with E-state index < -0.39 is 5.41 Å². The Labute approximate surface area is 136 Å². The number of hydrogen-bond donors (Lipinski definition) is 1. The van der Waals surface area contributed by atoms with E-state index in [1.807, 2.05) is 43.0 Å². The maximum atomic E-state index is 12.9. The van der Waals surface area contributed by atoms with Gasteiger partial charge in [-0.1, -0.05) is 28.1 Å². The van der Waals surface area contributed by atoms with Crippen molar-refractivity contribution in [2.24, 2.45) is 11.7 Å². The molecule has 1 atom stereocenters. The highest BCUT2D eigenvalue weighted by Gasteiger charge is 2.35. The van der Waals surface area contributed by atoms with Crippen LogP contribution in [0.2, 0.25) is 0 Å². The van der Waals surface area contributed by atoms with Crippen molar-refractivity contribution in [2.75, 3.05) is 13.1 Å². The number of rotatable bonds is 3. The summed E-state index contributed by atoms with van der Waals surface area (Å²) in [4.78, 5) is 14.9. The third-order valence-electron chi connectivity index (χ3n) is 4.65. The largest absolute Gasteiger partial charge is 0.342 e. The van der Waals surface area contributed by atoms with E-state index in [0.717, 1.165) is 36.0 Å². The van der Waals surface area contributed by atoms with E-state index in [1.54, 1.807) is 0 Å². The number of piperidine rings is 1. The van der Waals surface area contributed by atoms with Gasteiger partial charge in [-0.25, -0.2) is 0 Å². The number of nitrogens with two attached hydrogens (primary N) is 1. The van der Waals surface area contributed by atoms with Gasteiger partial charge in [0.15, 0.2) is 0 Å². The molecule has 1 fully saturated rings. The summed E-state index contributed by atoms with van der Waals surface area (Å²) >= 11 is 3.48. The first-order valence-corrected chi connectivity index (χ1v) is 8.42. The van der Waals surface area contributed by atoms with Crippen LogP contribution in [0.3, 0.4) is 0 Å². The highest BCUT2D eigenvalue weighted by Crippen LogP contribution is 2.30. The van der Waals surface area contributed by atoms with Gasteiger partial charge in [0.2, 0.25) is 5.91 Å². The zero-order chi connectivity index (χ0) is 15.6. The Hall–Kier alpha value is -0.870. The quantitative estimate of drug-likeness (QED) is 0.906. The minimum Gasteiger partial charge on any atom is -0.342 e. The van der Waals surface area contributed by atoms with Crippen molar-refractivity contribution in [3.63, 3.8) is 0 Å². The minimum atomic E-state index is -0.495. The molecule has 0 spiro atoms. The molecule has 3 nitrogen and oxygen atoms in total. The van der Waals surface area contributed by atoms with Crippen LogP contribution in [0.4, 0.5) is 0 Å². The van der Waals surface area contributed by atoms with Crippen LogP contribution in [0, 0.1) is 5.92 Å². The molecular weight excluding hydrogens is 328 g/mol. The van der Waals surface area contributed by atoms with Crippen molar-refractivity contribution >= 4 is 21.8 Å². The molecular formula is C17H25BrN2O. The SMILES string of the molecule is CC(N)C1CCN(C(=O)C(C)(C)c2cccc(Br)c2)CC1. The molecule has 1 aromatic carbocycles. The van der Waals surface area contributed by atoms with E-state index >= 15 is 0 Å². The molecule has 1 amide bonds. The Morgan fingerprint density at radius 2 is 2.00 bits per heavy atom. The predicted octanol–water partition coefficient (Wildman–Crippen LogP) is 3.31. The van der Waals surface area contributed by atoms with Gasteiger partial charge in [-0.15, -0.1) is 0 Å². The molecule has 1 aliphatic heterocycles. The third kappa shape index (κ3) is 3.67. The highest BCUT2D eigenvalue weighted by atomic mass is 79.9. The van der Waals surface area contributed by atoms with E-state index in [-0.39, 0.29) is 11.9 Å². The second-order valence-corrected chi connectivity index (χ2v) is 7.54. The van der Waals surface area contributed by atoms with Gasteiger partial charge in [0.1, 0.15) is 0 Å². The molecule has 1 unspecified atom stereocenters. The predicted molar refractivity (Wildman–Crippen MR) is 90.1 cm³/mol. The molecule has 1 heterocycles. The van der Waals surface area contributed by atoms with E-state index in [9.17, 15) is 4.79 Å². The van der Waals surface area contributed by atoms with E-state index in [1.165, 1.54) is 0 Å². The molecule has 0 aliphatic carbocycles. The number of benzene rings is 1. The van der Waals surface area contributed by atoms with Crippen LogP contribution in [0.1, 0.15) is 39.2 Å². The van der Waals surface area contributed by atoms with Crippen molar-refractivity contribution in [1.82, 2.24) is 4.90 Å². The Morgan fingerprint density at radius 1 is 1.38 bits per heavy atom. The van der Waals surface area contributed by atoms with Gasteiger partial charge >= 0.3 is 0 Å². The van der Waals surface area contributed by atoms with Crippen LogP contribution in [-0.2, 0) is 10.2 Å². The summed E-state index contributed by atoms with van der Waals surface area (Å²) in [6, 6.07) is 8.25. The minimum absolute atomic E-state index is 0.212. The van der Waals surface area contributed by atoms with Crippen molar-refractivity contribution < 1.29 is 4.79 Å². The summed E-state index contributed by atoms with van der Waals surface area (Å²) in [5.74, 6) is 0.756. The lowest BCUT2D eigenvalue weighted by molar-refractivity contribution is -0.137. The molecule has 1 aliphatic rings. The summed E-state index contributed by atoms with van der Waals surface area (Å²) in [5.41, 5.74) is 6.53. The summed E-state index contributed by atoms with van der Waals surface area (Å²) in [6.07, 6.45) is 2.02. The number of nitrogens with zero attached hydrogens (tertiary/aromatic N) is 1. The zero-order valence-corrected chi connectivity index (χ0v) is 14.7. The first-order chi connectivity index (χ1) is 9.82. The average molecular weight is 353 g/mol. The number of hydrogen-bond acceptors (Lipinski definition) is 2. The number of carbonyl (C=O) groups excluding carboxylic acids is 1. The molecule has 0 saturated carbocycles. The van der Waals surface area contributed by atoms with Crippen LogP contribution >= 0.6 is 15.9 Å². The lowest BCUT2D eigenvalue weighted by atomic mass is 9.82. The Kier molecular flexibility index (Phi) is 5.10. The zero-order valence-electron chi connectivity index (χ0n) is 13.1. The molecule has 116 valence electrons. The molecule has 21 heavy (non-hydrogen) atoms. The van der Waals surface area contributed by atoms with E-state index in [4.69, 9.17) is 5.73 Å². The fourth-order valence-corrected chi connectivity index (χ4v) is 3.42. The number of carbonyl (C=O) groups is 1. The van der Waals surface area contributed by atoms with E-state index in [2.05, 4.69) is 22.9 Å². The van der Waals surface area contributed by atoms with Gasteiger partial charge in [0.05, 0.1) is 5.41 Å². The number of likely N-dealkylation sites (tertiary alicyclic amines) is 1. The third-order valence-corrected chi connectivity index (χ3v) is 5.14. The van der Waals surface area contributed by atoms with Gasteiger partial charge in [-0.2, -0.15) is 0 Å². The van der Waals surface area contributed by atoms with Crippen LogP contribution in [-0.4, -0.2) is 29.9 Å². The molecule has 0 aromatic heterocycles. The van der Waals surface area contributed by atoms with Gasteiger partial charge in [-0.3, -0.25) is 4.79 Å². The van der Waals surface area contributed by atoms with Crippen LogP contribution < -0.4 is 5.73 Å². The summed E-state index contributed by atoms with van der Waals surface area (Å²) < 4.78 is 1.01. The van der Waals surface area contributed by atoms with E-state index in [0.29, 0.717) is 5.92 Å². The molecule has 0 radical (unpaired) electrons. The van der Waals surface area contributed by atoms with Gasteiger partial charge < -0.3 is 10.6 Å². The number of halogens is 1. The molecule has 2 rings (SSSR count). The maximum absolute atomic E-state index is 12.9. The second-order valence-electron chi connectivity index (χ2n) is 6.62. The van der Waals surface area contributed by atoms with Crippen molar-refractivity contribution in [3.8, 4) is 0 Å². The highest BCUT2D eigenvalue weighted by molar-refractivity contribution is 9.10. The molecule has 4 heteroatoms. The molecule has 1 saturated heterocycles. The standard InChI is InChI=1S/C17H25BrN2O/c1-12(19)13-7-9-20(10-8-13)16(21)17(2,3)14-5-4-6-15(18)11-14/h4-6,11-13H,7-10,19H2,1-3H3. The van der Waals surface area contributed by atoms with Gasteiger partial charge in [-0.05, 0) is 57.2 Å². The normalized spacial score (nSPS) is 18.6. The second kappa shape index (κ2) is 6.49. The monoisotopic (exact) mass is 352 g/mol. The topological polar surface area (TPSA) is 46.3 Å². The summed E-state index contributed by atoms with van der Waals surface area (Å²) in [6.45, 7) is 7.72. The lowest BCUT2D eigenvalue weighted by Gasteiger charge is -2.38. The average Bonchev–Trinajstić information content (AvgIpc) is 2.46. The summed E-state index contributed by atoms with van der Waals surface area (Å²) in [7, 11) is 0. The van der Waals surface area contributed by atoms with Crippen LogP contribution in [0.15, 0.2) is 28.7 Å². The molecule has 1 aromatic rings. The lowest BCUT2D eigenvalue weighted by Crippen LogP contribution is -2.48. The molecule has 0 bridgehead atoms.